The monoisotopic (exact) mass is 722 g/mol. The number of esters is 2. The van der Waals surface area contributed by atoms with Crippen LogP contribution in [-0.4, -0.2) is 57.0 Å². The van der Waals surface area contributed by atoms with Crippen LogP contribution in [0.25, 0.3) is 21.5 Å². The molecule has 4 N–H and O–H groups in total. The van der Waals surface area contributed by atoms with Gasteiger partial charge in [0.2, 0.25) is 5.88 Å². The Morgan fingerprint density at radius 3 is 1.86 bits per heavy atom. The zero-order valence-corrected chi connectivity index (χ0v) is 25.5. The van der Waals surface area contributed by atoms with Crippen LogP contribution < -0.4 is 15.4 Å². The number of ether oxygens (including phenoxy) is 2. The van der Waals surface area contributed by atoms with Gasteiger partial charge in [0.1, 0.15) is 23.4 Å². The highest BCUT2D eigenvalue weighted by molar-refractivity contribution is 9.11. The summed E-state index contributed by atoms with van der Waals surface area (Å²) in [7, 11) is 0. The van der Waals surface area contributed by atoms with Crippen LogP contribution in [0, 0.1) is 0 Å². The number of carbonyl (C=O) groups excluding carboxylic acids is 4. The molecule has 0 atom stereocenters. The molecule has 2 heterocycles. The van der Waals surface area contributed by atoms with Crippen molar-refractivity contribution >= 4 is 77.2 Å². The smallest absolute Gasteiger partial charge is 0.333 e. The number of nitrogens with one attached hydrogen (secondary N) is 2. The maximum atomic E-state index is 12.9. The first-order valence-corrected chi connectivity index (χ1v) is 14.3. The lowest BCUT2D eigenvalue weighted by atomic mass is 10.1. The highest BCUT2D eigenvalue weighted by Crippen LogP contribution is 2.36. The van der Waals surface area contributed by atoms with Crippen LogP contribution in [0.15, 0.2) is 81.9 Å². The number of fused-ring (bicyclic) bond motifs is 2. The van der Waals surface area contributed by atoms with E-state index in [-0.39, 0.29) is 16.2 Å². The number of halogens is 2. The first-order valence-electron chi connectivity index (χ1n) is 12.7. The van der Waals surface area contributed by atoms with Crippen molar-refractivity contribution in [1.29, 1.82) is 0 Å². The third kappa shape index (κ3) is 6.61. The summed E-state index contributed by atoms with van der Waals surface area (Å²) in [6, 6.07) is 20.3. The fourth-order valence-electron chi connectivity index (χ4n) is 4.12. The molecule has 3 aromatic carbocycles. The first-order chi connectivity index (χ1) is 21.1. The van der Waals surface area contributed by atoms with Crippen molar-refractivity contribution < 1.29 is 38.9 Å². The summed E-state index contributed by atoms with van der Waals surface area (Å²) in [5.41, 5.74) is -0.765. The van der Waals surface area contributed by atoms with Crippen molar-refractivity contribution in [2.45, 2.75) is 0 Å². The molecule has 14 heteroatoms. The Balaban J connectivity index is 1.20. The minimum absolute atomic E-state index is 0.0510. The third-order valence-corrected chi connectivity index (χ3v) is 7.24. The predicted molar refractivity (Wildman–Crippen MR) is 164 cm³/mol. The zero-order chi connectivity index (χ0) is 31.4. The van der Waals surface area contributed by atoms with Gasteiger partial charge in [0.15, 0.2) is 22.9 Å². The van der Waals surface area contributed by atoms with Crippen LogP contribution in [-0.2, 0) is 14.3 Å². The Labute approximate surface area is 265 Å². The summed E-state index contributed by atoms with van der Waals surface area (Å²) in [6.45, 7) is -1.49. The Kier molecular flexibility index (Phi) is 9.01. The number of amides is 2. The molecular formula is C30H20Br2N4O8. The second-order valence-corrected chi connectivity index (χ2v) is 10.7. The second kappa shape index (κ2) is 13.1. The van der Waals surface area contributed by atoms with Crippen LogP contribution in [0.5, 0.6) is 23.1 Å². The zero-order valence-electron chi connectivity index (χ0n) is 22.3. The lowest BCUT2D eigenvalue weighted by Gasteiger charge is -2.13. The standard InChI is InChI=1S/C30H20Br2N4O8/c31-15-10-11-18-20(12-15)27(32)35-23(26(18)40)28(41)33-13-21(37)44-22(38)14-34-29(42)24-25(39)17-8-4-5-9-19(17)30(36-24)43-16-6-2-1-3-7-16/h1-12,39-40H,13-14H2,(H,33,41)(H,34,42). The molecule has 0 spiro atoms. The van der Waals surface area contributed by atoms with Crippen LogP contribution in [0.4, 0.5) is 0 Å². The fraction of sp³-hybridized carbons (Fsp3) is 0.0667. The molecule has 0 bridgehead atoms. The topological polar surface area (TPSA) is 177 Å². The molecule has 44 heavy (non-hydrogen) atoms. The summed E-state index contributed by atoms with van der Waals surface area (Å²) < 4.78 is 11.5. The Bertz CT molecular complexity index is 1950. The summed E-state index contributed by atoms with van der Waals surface area (Å²) in [6.07, 6.45) is 0. The van der Waals surface area contributed by atoms with Crippen molar-refractivity contribution in [2.24, 2.45) is 0 Å². The minimum atomic E-state index is -1.14. The molecule has 2 aromatic heterocycles. The number of benzene rings is 3. The van der Waals surface area contributed by atoms with Gasteiger partial charge in [-0.05, 0) is 52.3 Å². The summed E-state index contributed by atoms with van der Waals surface area (Å²) in [4.78, 5) is 58.1. The molecule has 12 nitrogen and oxygen atoms in total. The van der Waals surface area contributed by atoms with Crippen LogP contribution in [0.1, 0.15) is 21.0 Å². The number of nitrogens with zero attached hydrogens (tertiary/aromatic N) is 2. The van der Waals surface area contributed by atoms with Gasteiger partial charge in [0.25, 0.3) is 11.8 Å². The normalized spacial score (nSPS) is 10.8. The molecule has 0 aliphatic carbocycles. The lowest BCUT2D eigenvalue weighted by Crippen LogP contribution is -2.36. The van der Waals surface area contributed by atoms with Gasteiger partial charge in [-0.15, -0.1) is 0 Å². The van der Waals surface area contributed by atoms with Gasteiger partial charge in [0.05, 0.1) is 0 Å². The highest BCUT2D eigenvalue weighted by atomic mass is 79.9. The van der Waals surface area contributed by atoms with Crippen molar-refractivity contribution in [3.05, 3.63) is 93.3 Å². The maximum absolute atomic E-state index is 12.9. The van der Waals surface area contributed by atoms with E-state index in [1.165, 1.54) is 0 Å². The molecule has 2 amide bonds. The largest absolute Gasteiger partial charge is 0.505 e. The van der Waals surface area contributed by atoms with Gasteiger partial charge >= 0.3 is 11.9 Å². The predicted octanol–water partition coefficient (Wildman–Crippen LogP) is 4.74. The number of pyridine rings is 2. The number of hydrogen-bond donors (Lipinski definition) is 4. The van der Waals surface area contributed by atoms with Crippen LogP contribution >= 0.6 is 31.9 Å². The Morgan fingerprint density at radius 1 is 0.682 bits per heavy atom. The van der Waals surface area contributed by atoms with E-state index in [9.17, 15) is 29.4 Å². The summed E-state index contributed by atoms with van der Waals surface area (Å²) in [5.74, 6) is -4.43. The van der Waals surface area contributed by atoms with E-state index in [1.807, 2.05) is 0 Å². The van der Waals surface area contributed by atoms with Crippen LogP contribution in [0.3, 0.4) is 0 Å². The number of aromatic hydroxyl groups is 2. The van der Waals surface area contributed by atoms with Crippen molar-refractivity contribution in [1.82, 2.24) is 20.6 Å². The van der Waals surface area contributed by atoms with E-state index in [0.717, 1.165) is 4.47 Å². The van der Waals surface area contributed by atoms with Gasteiger partial charge in [0, 0.05) is 26.0 Å². The summed E-state index contributed by atoms with van der Waals surface area (Å²) >= 11 is 6.58. The third-order valence-electron chi connectivity index (χ3n) is 6.15. The van der Waals surface area contributed by atoms with E-state index in [1.54, 1.807) is 72.8 Å². The average molecular weight is 724 g/mol. The highest BCUT2D eigenvalue weighted by Gasteiger charge is 2.23. The van der Waals surface area contributed by atoms with Crippen LogP contribution in [0.2, 0.25) is 0 Å². The number of rotatable bonds is 8. The van der Waals surface area contributed by atoms with Crippen molar-refractivity contribution in [3.63, 3.8) is 0 Å². The molecule has 0 aliphatic rings. The van der Waals surface area contributed by atoms with E-state index in [4.69, 9.17) is 4.74 Å². The number of aromatic nitrogens is 2. The quantitative estimate of drug-likeness (QED) is 0.0994. The van der Waals surface area contributed by atoms with E-state index in [2.05, 4.69) is 57.2 Å². The average Bonchev–Trinajstić information content (AvgIpc) is 3.02. The molecule has 5 aromatic rings. The molecule has 5 rings (SSSR count). The van der Waals surface area contributed by atoms with Gasteiger partial charge in [-0.3, -0.25) is 9.59 Å². The molecule has 0 saturated carbocycles. The molecule has 0 saturated heterocycles. The summed E-state index contributed by atoms with van der Waals surface area (Å²) in [5, 5.41) is 27.4. The molecule has 0 radical (unpaired) electrons. The molecule has 0 unspecified atom stereocenters. The maximum Gasteiger partial charge on any atom is 0.333 e. The number of carbonyl (C=O) groups is 4. The van der Waals surface area contributed by atoms with Gasteiger partial charge in [-0.25, -0.2) is 19.6 Å². The molecule has 222 valence electrons. The van der Waals surface area contributed by atoms with Gasteiger partial charge < -0.3 is 30.3 Å². The fourth-order valence-corrected chi connectivity index (χ4v) is 4.98. The number of hydrogen-bond acceptors (Lipinski definition) is 10. The Morgan fingerprint density at radius 2 is 1.23 bits per heavy atom. The lowest BCUT2D eigenvalue weighted by molar-refractivity contribution is -0.158. The van der Waals surface area contributed by atoms with Crippen molar-refractivity contribution in [2.75, 3.05) is 13.1 Å². The van der Waals surface area contributed by atoms with E-state index in [0.29, 0.717) is 27.3 Å². The molecule has 0 fully saturated rings. The van der Waals surface area contributed by atoms with Gasteiger partial charge in [-0.1, -0.05) is 52.3 Å². The van der Waals surface area contributed by atoms with Crippen molar-refractivity contribution in [3.8, 4) is 23.1 Å². The second-order valence-electron chi connectivity index (χ2n) is 9.08. The SMILES string of the molecule is O=C(CNC(=O)c1nc(Br)c2cc(Br)ccc2c1O)OC(=O)CNC(=O)c1nc(Oc2ccccc2)c2ccccc2c1O. The molecule has 0 aliphatic heterocycles. The number of para-hydroxylation sites is 1. The minimum Gasteiger partial charge on any atom is -0.505 e. The first kappa shape index (κ1) is 30.4. The Hall–Kier alpha value is -5.08. The molecular weight excluding hydrogens is 704 g/mol. The van der Waals surface area contributed by atoms with E-state index < -0.39 is 54.0 Å². The van der Waals surface area contributed by atoms with Gasteiger partial charge in [-0.2, -0.15) is 0 Å². The van der Waals surface area contributed by atoms with E-state index >= 15 is 0 Å².